The summed E-state index contributed by atoms with van der Waals surface area (Å²) in [6, 6.07) is 8.19. The van der Waals surface area contributed by atoms with Crippen LogP contribution in [0.25, 0.3) is 0 Å². The normalized spacial score (nSPS) is 16.1. The molecule has 1 atom stereocenters. The molecule has 116 valence electrons. The second-order valence-corrected chi connectivity index (χ2v) is 5.63. The molecular weight excluding hydrogens is 266 g/mol. The van der Waals surface area contributed by atoms with Crippen molar-refractivity contribution in [3.8, 4) is 0 Å². The van der Waals surface area contributed by atoms with E-state index < -0.39 is 0 Å². The van der Waals surface area contributed by atoms with Crippen molar-refractivity contribution in [1.29, 1.82) is 0 Å². The second-order valence-electron chi connectivity index (χ2n) is 5.63. The number of fused-ring (bicyclic) bond motifs is 1. The van der Waals surface area contributed by atoms with Gasteiger partial charge in [0.1, 0.15) is 0 Å². The lowest BCUT2D eigenvalue weighted by Crippen LogP contribution is -2.43. The average molecular weight is 291 g/mol. The highest BCUT2D eigenvalue weighted by Gasteiger charge is 2.14. The zero-order valence-corrected chi connectivity index (χ0v) is 12.6. The van der Waals surface area contributed by atoms with Crippen LogP contribution in [0, 0.1) is 0 Å². The molecule has 0 saturated heterocycles. The Labute approximate surface area is 126 Å². The van der Waals surface area contributed by atoms with Crippen LogP contribution in [-0.2, 0) is 13.0 Å². The molecule has 5 heteroatoms. The highest BCUT2D eigenvalue weighted by atomic mass is 16.3. The molecule has 1 aromatic carbocycles. The summed E-state index contributed by atoms with van der Waals surface area (Å²) < 4.78 is 0. The smallest absolute Gasteiger partial charge is 0.315 e. The summed E-state index contributed by atoms with van der Waals surface area (Å²) in [7, 11) is 0. The molecule has 0 fully saturated rings. The number of rotatable bonds is 6. The Balaban J connectivity index is 1.63. The third kappa shape index (κ3) is 5.02. The number of amides is 2. The SMILES string of the molecule is CC(CO)NC(=O)NCCCN1CCc2ccccc2C1. The minimum atomic E-state index is -0.208. The van der Waals surface area contributed by atoms with E-state index in [9.17, 15) is 4.79 Å². The zero-order chi connectivity index (χ0) is 15.1. The monoisotopic (exact) mass is 291 g/mol. The fourth-order valence-corrected chi connectivity index (χ4v) is 2.57. The summed E-state index contributed by atoms with van der Waals surface area (Å²) >= 11 is 0. The number of hydrogen-bond acceptors (Lipinski definition) is 3. The Morgan fingerprint density at radius 3 is 2.90 bits per heavy atom. The van der Waals surface area contributed by atoms with Crippen LogP contribution in [0.5, 0.6) is 0 Å². The van der Waals surface area contributed by atoms with Crippen LogP contribution in [-0.4, -0.2) is 48.3 Å². The van der Waals surface area contributed by atoms with Crippen molar-refractivity contribution in [3.63, 3.8) is 0 Å². The molecule has 3 N–H and O–H groups in total. The van der Waals surface area contributed by atoms with E-state index in [1.165, 1.54) is 11.1 Å². The third-order valence-corrected chi connectivity index (χ3v) is 3.80. The molecule has 2 amide bonds. The molecule has 1 aromatic rings. The molecule has 0 spiro atoms. The van der Waals surface area contributed by atoms with Gasteiger partial charge in [-0.2, -0.15) is 0 Å². The Kier molecular flexibility index (Phi) is 6.02. The number of urea groups is 1. The molecule has 0 aliphatic carbocycles. The molecule has 1 aliphatic rings. The van der Waals surface area contributed by atoms with Gasteiger partial charge in [0.05, 0.1) is 12.6 Å². The molecule has 1 heterocycles. The van der Waals surface area contributed by atoms with Crippen LogP contribution in [0.1, 0.15) is 24.5 Å². The van der Waals surface area contributed by atoms with E-state index in [0.29, 0.717) is 6.54 Å². The molecule has 2 rings (SSSR count). The van der Waals surface area contributed by atoms with E-state index >= 15 is 0 Å². The Morgan fingerprint density at radius 1 is 1.38 bits per heavy atom. The quantitative estimate of drug-likeness (QED) is 0.688. The van der Waals surface area contributed by atoms with Crippen molar-refractivity contribution >= 4 is 6.03 Å². The van der Waals surface area contributed by atoms with E-state index in [0.717, 1.165) is 32.5 Å². The summed E-state index contributed by atoms with van der Waals surface area (Å²) in [6.45, 7) is 5.46. The number of hydrogen-bond donors (Lipinski definition) is 3. The van der Waals surface area contributed by atoms with Gasteiger partial charge in [0.2, 0.25) is 0 Å². The van der Waals surface area contributed by atoms with Gasteiger partial charge in [-0.15, -0.1) is 0 Å². The van der Waals surface area contributed by atoms with E-state index in [4.69, 9.17) is 5.11 Å². The molecule has 0 radical (unpaired) electrons. The largest absolute Gasteiger partial charge is 0.394 e. The number of nitrogens with zero attached hydrogens (tertiary/aromatic N) is 1. The van der Waals surface area contributed by atoms with Crippen LogP contribution < -0.4 is 10.6 Å². The number of carbonyl (C=O) groups is 1. The molecule has 0 bridgehead atoms. The van der Waals surface area contributed by atoms with Crippen LogP contribution in [0.15, 0.2) is 24.3 Å². The Morgan fingerprint density at radius 2 is 2.14 bits per heavy atom. The van der Waals surface area contributed by atoms with Gasteiger partial charge in [-0.3, -0.25) is 4.90 Å². The molecule has 0 saturated carbocycles. The van der Waals surface area contributed by atoms with Crippen LogP contribution >= 0.6 is 0 Å². The first-order valence-corrected chi connectivity index (χ1v) is 7.63. The summed E-state index contributed by atoms with van der Waals surface area (Å²) in [5.41, 5.74) is 2.88. The molecule has 21 heavy (non-hydrogen) atoms. The predicted molar refractivity (Wildman–Crippen MR) is 83.1 cm³/mol. The molecule has 1 aliphatic heterocycles. The molecular formula is C16H25N3O2. The standard InChI is InChI=1S/C16H25N3O2/c1-13(12-20)18-16(21)17-8-4-9-19-10-7-14-5-2-3-6-15(14)11-19/h2-3,5-6,13,20H,4,7-12H2,1H3,(H2,17,18,21). The lowest BCUT2D eigenvalue weighted by atomic mass is 10.00. The summed E-state index contributed by atoms with van der Waals surface area (Å²) in [6.07, 6.45) is 2.04. The minimum Gasteiger partial charge on any atom is -0.394 e. The third-order valence-electron chi connectivity index (χ3n) is 3.80. The van der Waals surface area contributed by atoms with Gasteiger partial charge < -0.3 is 15.7 Å². The maximum Gasteiger partial charge on any atom is 0.315 e. The van der Waals surface area contributed by atoms with E-state index in [1.54, 1.807) is 6.92 Å². The van der Waals surface area contributed by atoms with Crippen molar-refractivity contribution in [1.82, 2.24) is 15.5 Å². The number of aliphatic hydroxyl groups is 1. The van der Waals surface area contributed by atoms with Gasteiger partial charge in [-0.1, -0.05) is 24.3 Å². The number of benzene rings is 1. The lowest BCUT2D eigenvalue weighted by Gasteiger charge is -2.28. The zero-order valence-electron chi connectivity index (χ0n) is 12.6. The van der Waals surface area contributed by atoms with Gasteiger partial charge in [0.15, 0.2) is 0 Å². The first-order chi connectivity index (χ1) is 10.2. The van der Waals surface area contributed by atoms with Crippen molar-refractivity contribution in [2.75, 3.05) is 26.2 Å². The van der Waals surface area contributed by atoms with Crippen molar-refractivity contribution in [2.45, 2.75) is 32.4 Å². The maximum atomic E-state index is 11.5. The van der Waals surface area contributed by atoms with Gasteiger partial charge in [0, 0.05) is 26.2 Å². The van der Waals surface area contributed by atoms with Gasteiger partial charge >= 0.3 is 6.03 Å². The Bertz CT molecular complexity index is 465. The summed E-state index contributed by atoms with van der Waals surface area (Å²) in [5, 5.41) is 14.3. The van der Waals surface area contributed by atoms with Crippen LogP contribution in [0.4, 0.5) is 4.79 Å². The van der Waals surface area contributed by atoms with Gasteiger partial charge in [0.25, 0.3) is 0 Å². The second kappa shape index (κ2) is 8.00. The topological polar surface area (TPSA) is 64.6 Å². The van der Waals surface area contributed by atoms with E-state index in [-0.39, 0.29) is 18.7 Å². The highest BCUT2D eigenvalue weighted by molar-refractivity contribution is 5.74. The summed E-state index contributed by atoms with van der Waals surface area (Å²) in [4.78, 5) is 13.9. The first-order valence-electron chi connectivity index (χ1n) is 7.63. The average Bonchev–Trinajstić information content (AvgIpc) is 2.51. The van der Waals surface area contributed by atoms with Gasteiger partial charge in [-0.25, -0.2) is 4.79 Å². The maximum absolute atomic E-state index is 11.5. The van der Waals surface area contributed by atoms with E-state index in [1.807, 2.05) is 0 Å². The fraction of sp³-hybridized carbons (Fsp3) is 0.562. The minimum absolute atomic E-state index is 0.0411. The predicted octanol–water partition coefficient (Wildman–Crippen LogP) is 1.11. The van der Waals surface area contributed by atoms with Gasteiger partial charge in [-0.05, 0) is 30.9 Å². The van der Waals surface area contributed by atoms with Crippen LogP contribution in [0.3, 0.4) is 0 Å². The van der Waals surface area contributed by atoms with Crippen molar-refractivity contribution in [3.05, 3.63) is 35.4 Å². The highest BCUT2D eigenvalue weighted by Crippen LogP contribution is 2.18. The molecule has 0 aromatic heterocycles. The summed E-state index contributed by atoms with van der Waals surface area (Å²) in [5.74, 6) is 0. The Hall–Kier alpha value is -1.59. The lowest BCUT2D eigenvalue weighted by molar-refractivity contribution is 0.218. The molecule has 1 unspecified atom stereocenters. The number of nitrogens with one attached hydrogen (secondary N) is 2. The first kappa shape index (κ1) is 15.8. The molecule has 5 nitrogen and oxygen atoms in total. The fourth-order valence-electron chi connectivity index (χ4n) is 2.57. The van der Waals surface area contributed by atoms with Crippen molar-refractivity contribution in [2.24, 2.45) is 0 Å². The number of carbonyl (C=O) groups excluding carboxylic acids is 1. The number of aliphatic hydroxyl groups excluding tert-OH is 1. The van der Waals surface area contributed by atoms with Crippen molar-refractivity contribution < 1.29 is 9.90 Å². The van der Waals surface area contributed by atoms with Crippen LogP contribution in [0.2, 0.25) is 0 Å². The van der Waals surface area contributed by atoms with E-state index in [2.05, 4.69) is 39.8 Å².